The lowest BCUT2D eigenvalue weighted by Crippen LogP contribution is -2.39. The van der Waals surface area contributed by atoms with Crippen molar-refractivity contribution in [2.24, 2.45) is 0 Å². The Balaban J connectivity index is 2.04. The molecular weight excluding hydrogens is 228 g/mol. The van der Waals surface area contributed by atoms with E-state index in [9.17, 15) is 4.79 Å². The molecule has 0 aliphatic carbocycles. The number of likely N-dealkylation sites (tertiary alicyclic amines) is 1. The highest BCUT2D eigenvalue weighted by Crippen LogP contribution is 2.24. The number of aldehydes is 1. The molecule has 0 spiro atoms. The van der Waals surface area contributed by atoms with Gasteiger partial charge >= 0.3 is 0 Å². The maximum absolute atomic E-state index is 11.0. The van der Waals surface area contributed by atoms with Crippen molar-refractivity contribution in [3.8, 4) is 0 Å². The van der Waals surface area contributed by atoms with E-state index in [2.05, 4.69) is 30.7 Å². The van der Waals surface area contributed by atoms with E-state index in [0.717, 1.165) is 37.9 Å². The summed E-state index contributed by atoms with van der Waals surface area (Å²) in [6.07, 6.45) is 6.09. The summed E-state index contributed by atoms with van der Waals surface area (Å²) in [4.78, 5) is 17.5. The molecule has 1 unspecified atom stereocenters. The third-order valence-corrected chi connectivity index (χ3v) is 3.45. The van der Waals surface area contributed by atoms with Gasteiger partial charge in [0.25, 0.3) is 0 Å². The Morgan fingerprint density at radius 2 is 2.28 bits per heavy atom. The Hall–Kier alpha value is -1.16. The summed E-state index contributed by atoms with van der Waals surface area (Å²) in [6.45, 7) is 7.90. The number of rotatable bonds is 3. The van der Waals surface area contributed by atoms with E-state index in [1.54, 1.807) is 6.20 Å². The number of hydrogen-bond donors (Lipinski definition) is 0. The van der Waals surface area contributed by atoms with Crippen molar-refractivity contribution in [1.82, 2.24) is 9.88 Å². The van der Waals surface area contributed by atoms with Crippen LogP contribution in [0.2, 0.25) is 0 Å². The van der Waals surface area contributed by atoms with E-state index in [1.165, 1.54) is 0 Å². The predicted octanol–water partition coefficient (Wildman–Crippen LogP) is 2.53. The molecule has 1 atom stereocenters. The van der Waals surface area contributed by atoms with E-state index in [1.807, 2.05) is 0 Å². The van der Waals surface area contributed by atoms with Crippen LogP contribution in [-0.2, 0) is 16.8 Å². The zero-order valence-electron chi connectivity index (χ0n) is 11.5. The second-order valence-electron chi connectivity index (χ2n) is 6.04. The van der Waals surface area contributed by atoms with Crippen LogP contribution < -0.4 is 0 Å². The van der Waals surface area contributed by atoms with Crippen molar-refractivity contribution in [1.29, 1.82) is 0 Å². The molecule has 2 heterocycles. The van der Waals surface area contributed by atoms with Gasteiger partial charge in [-0.1, -0.05) is 27.2 Å². The lowest BCUT2D eigenvalue weighted by Gasteiger charge is -2.30. The third-order valence-electron chi connectivity index (χ3n) is 3.45. The summed E-state index contributed by atoms with van der Waals surface area (Å²) in [5.41, 5.74) is -0.0167. The summed E-state index contributed by atoms with van der Waals surface area (Å²) in [5.74, 6) is 1.62. The van der Waals surface area contributed by atoms with Gasteiger partial charge in [-0.2, -0.15) is 0 Å². The number of nitrogens with zero attached hydrogens (tertiary/aromatic N) is 2. The summed E-state index contributed by atoms with van der Waals surface area (Å²) in [5, 5.41) is 0. The van der Waals surface area contributed by atoms with Gasteiger partial charge in [0.05, 0.1) is 18.8 Å². The number of oxazole rings is 1. The first-order valence-electron chi connectivity index (χ1n) is 6.65. The number of carbonyl (C=O) groups excluding carboxylic acids is 1. The smallest absolute Gasteiger partial charge is 0.208 e. The summed E-state index contributed by atoms with van der Waals surface area (Å²) < 4.78 is 5.77. The first-order chi connectivity index (χ1) is 8.50. The van der Waals surface area contributed by atoms with Crippen molar-refractivity contribution in [2.75, 3.05) is 6.54 Å². The highest BCUT2D eigenvalue weighted by atomic mass is 16.4. The van der Waals surface area contributed by atoms with Crippen LogP contribution in [-0.4, -0.2) is 28.8 Å². The first kappa shape index (κ1) is 13.3. The average Bonchev–Trinajstić information content (AvgIpc) is 2.78. The maximum atomic E-state index is 11.0. The summed E-state index contributed by atoms with van der Waals surface area (Å²) in [6, 6.07) is 0.0312. The summed E-state index contributed by atoms with van der Waals surface area (Å²) >= 11 is 0. The van der Waals surface area contributed by atoms with Gasteiger partial charge < -0.3 is 9.21 Å². The fraction of sp³-hybridized carbons (Fsp3) is 0.714. The Labute approximate surface area is 108 Å². The molecule has 0 aromatic carbocycles. The number of hydrogen-bond acceptors (Lipinski definition) is 4. The molecule has 0 N–H and O–H groups in total. The zero-order chi connectivity index (χ0) is 13.2. The van der Waals surface area contributed by atoms with Crippen LogP contribution in [0.1, 0.15) is 51.7 Å². The standard InChI is InChI=1S/C14H22N2O2/c1-14(2,3)12-8-15-13(18-12)9-16-7-5-4-6-11(16)10-17/h8,10-11H,4-7,9H2,1-3H3. The van der Waals surface area contributed by atoms with Crippen LogP contribution in [0.3, 0.4) is 0 Å². The van der Waals surface area contributed by atoms with E-state index in [-0.39, 0.29) is 11.5 Å². The Bertz CT molecular complexity index is 406. The van der Waals surface area contributed by atoms with Crippen LogP contribution in [0.5, 0.6) is 0 Å². The molecule has 0 amide bonds. The van der Waals surface area contributed by atoms with Crippen molar-refractivity contribution >= 4 is 6.29 Å². The molecule has 4 nitrogen and oxygen atoms in total. The monoisotopic (exact) mass is 250 g/mol. The molecule has 18 heavy (non-hydrogen) atoms. The molecule has 1 aromatic rings. The maximum Gasteiger partial charge on any atom is 0.208 e. The third kappa shape index (κ3) is 2.99. The van der Waals surface area contributed by atoms with E-state index in [0.29, 0.717) is 12.4 Å². The van der Waals surface area contributed by atoms with Gasteiger partial charge in [0.2, 0.25) is 5.89 Å². The van der Waals surface area contributed by atoms with E-state index >= 15 is 0 Å². The molecule has 0 bridgehead atoms. The molecule has 2 rings (SSSR count). The fourth-order valence-electron chi connectivity index (χ4n) is 2.27. The molecular formula is C14H22N2O2. The number of aromatic nitrogens is 1. The van der Waals surface area contributed by atoms with Gasteiger partial charge in [0.1, 0.15) is 12.0 Å². The molecule has 1 aliphatic rings. The minimum atomic E-state index is -0.0167. The van der Waals surface area contributed by atoms with Crippen molar-refractivity contribution < 1.29 is 9.21 Å². The Kier molecular flexibility index (Phi) is 3.85. The minimum Gasteiger partial charge on any atom is -0.444 e. The van der Waals surface area contributed by atoms with Gasteiger partial charge in [0, 0.05) is 5.41 Å². The quantitative estimate of drug-likeness (QED) is 0.773. The van der Waals surface area contributed by atoms with Crippen LogP contribution >= 0.6 is 0 Å². The number of carbonyl (C=O) groups is 1. The Morgan fingerprint density at radius 1 is 1.50 bits per heavy atom. The van der Waals surface area contributed by atoms with Crippen LogP contribution in [0.4, 0.5) is 0 Å². The second kappa shape index (κ2) is 5.22. The molecule has 1 aliphatic heterocycles. The predicted molar refractivity (Wildman–Crippen MR) is 69.3 cm³/mol. The molecule has 1 aromatic heterocycles. The summed E-state index contributed by atoms with van der Waals surface area (Å²) in [7, 11) is 0. The minimum absolute atomic E-state index is 0.0167. The average molecular weight is 250 g/mol. The molecule has 100 valence electrons. The van der Waals surface area contributed by atoms with Crippen LogP contribution in [0.25, 0.3) is 0 Å². The van der Waals surface area contributed by atoms with Gasteiger partial charge in [0.15, 0.2) is 0 Å². The normalized spacial score (nSPS) is 22.1. The van der Waals surface area contributed by atoms with E-state index in [4.69, 9.17) is 4.42 Å². The second-order valence-corrected chi connectivity index (χ2v) is 6.04. The van der Waals surface area contributed by atoms with Crippen molar-refractivity contribution in [3.05, 3.63) is 17.8 Å². The first-order valence-corrected chi connectivity index (χ1v) is 6.65. The van der Waals surface area contributed by atoms with Crippen molar-refractivity contribution in [3.63, 3.8) is 0 Å². The molecule has 4 heteroatoms. The SMILES string of the molecule is CC(C)(C)c1cnc(CN2CCCCC2C=O)o1. The lowest BCUT2D eigenvalue weighted by molar-refractivity contribution is -0.113. The molecule has 0 saturated carbocycles. The van der Waals surface area contributed by atoms with Gasteiger partial charge in [-0.25, -0.2) is 4.98 Å². The van der Waals surface area contributed by atoms with Gasteiger partial charge in [-0.15, -0.1) is 0 Å². The highest BCUT2D eigenvalue weighted by Gasteiger charge is 2.24. The van der Waals surface area contributed by atoms with Gasteiger partial charge in [-0.3, -0.25) is 4.90 Å². The topological polar surface area (TPSA) is 46.3 Å². The molecule has 1 saturated heterocycles. The largest absolute Gasteiger partial charge is 0.444 e. The lowest BCUT2D eigenvalue weighted by atomic mass is 9.94. The zero-order valence-corrected chi connectivity index (χ0v) is 11.5. The van der Waals surface area contributed by atoms with Crippen LogP contribution in [0, 0.1) is 0 Å². The van der Waals surface area contributed by atoms with Gasteiger partial charge in [-0.05, 0) is 19.4 Å². The number of piperidine rings is 1. The Morgan fingerprint density at radius 3 is 2.89 bits per heavy atom. The van der Waals surface area contributed by atoms with Crippen LogP contribution in [0.15, 0.2) is 10.6 Å². The molecule has 0 radical (unpaired) electrons. The van der Waals surface area contributed by atoms with Crippen molar-refractivity contribution in [2.45, 2.75) is 58.0 Å². The highest BCUT2D eigenvalue weighted by molar-refractivity contribution is 5.57. The van der Waals surface area contributed by atoms with E-state index < -0.39 is 0 Å². The fourth-order valence-corrected chi connectivity index (χ4v) is 2.27. The molecule has 1 fully saturated rings.